The lowest BCUT2D eigenvalue weighted by molar-refractivity contribution is 0.0520. The fourth-order valence-electron chi connectivity index (χ4n) is 3.46. The molecule has 0 spiro atoms. The largest absolute Gasteiger partial charge is 0.493 e. The minimum absolute atomic E-state index is 0.0259. The van der Waals surface area contributed by atoms with E-state index < -0.39 is 27.4 Å². The Bertz CT molecular complexity index is 1390. The smallest absolute Gasteiger partial charge is 0.347 e. The van der Waals surface area contributed by atoms with E-state index in [1.807, 2.05) is 0 Å². The van der Waals surface area contributed by atoms with Gasteiger partial charge in [0.25, 0.3) is 5.56 Å². The number of carbonyl (C=O) groups excluding carboxylic acids is 1. The van der Waals surface area contributed by atoms with Gasteiger partial charge in [0.2, 0.25) is 10.0 Å². The van der Waals surface area contributed by atoms with Gasteiger partial charge in [-0.25, -0.2) is 22.3 Å². The van der Waals surface area contributed by atoms with Crippen molar-refractivity contribution in [3.63, 3.8) is 0 Å². The van der Waals surface area contributed by atoms with E-state index in [0.29, 0.717) is 34.1 Å². The molecule has 0 aliphatic heterocycles. The Kier molecular flexibility index (Phi) is 7.13. The molecule has 3 rings (SSSR count). The standard InChI is InChI=1S/C22H24FN3O6S/c1-5-32-22(28)18-20(31-3)19-17(26(2)21(18)27)9-13(11-24-19)8-14-6-7-16(23)10-15(14)12-25-33(4,29)30/h6-7,9-11,25H,5,8,12H2,1-4H3. The first-order chi connectivity index (χ1) is 15.6. The normalized spacial score (nSPS) is 11.5. The third-order valence-corrected chi connectivity index (χ3v) is 5.69. The second-order valence-electron chi connectivity index (χ2n) is 7.39. The Balaban J connectivity index is 2.07. The van der Waals surface area contributed by atoms with E-state index in [1.54, 1.807) is 25.3 Å². The number of sulfonamides is 1. The number of aryl methyl sites for hydroxylation is 1. The molecule has 0 saturated carbocycles. The number of hydrogen-bond acceptors (Lipinski definition) is 7. The molecule has 2 heterocycles. The number of pyridine rings is 2. The first kappa shape index (κ1) is 24.3. The molecule has 0 unspecified atom stereocenters. The van der Waals surface area contributed by atoms with E-state index >= 15 is 0 Å². The number of nitrogens with zero attached hydrogens (tertiary/aromatic N) is 2. The van der Waals surface area contributed by atoms with Crippen LogP contribution in [0, 0.1) is 5.82 Å². The average Bonchev–Trinajstić information content (AvgIpc) is 2.75. The third-order valence-electron chi connectivity index (χ3n) is 5.02. The van der Waals surface area contributed by atoms with E-state index in [4.69, 9.17) is 9.47 Å². The lowest BCUT2D eigenvalue weighted by atomic mass is 10.00. The Labute approximate surface area is 190 Å². The maximum atomic E-state index is 13.8. The monoisotopic (exact) mass is 477 g/mol. The zero-order valence-electron chi connectivity index (χ0n) is 18.6. The summed E-state index contributed by atoms with van der Waals surface area (Å²) in [7, 11) is -0.611. The minimum Gasteiger partial charge on any atom is -0.493 e. The van der Waals surface area contributed by atoms with E-state index in [9.17, 15) is 22.4 Å². The molecule has 11 heteroatoms. The van der Waals surface area contributed by atoms with Crippen molar-refractivity contribution in [2.75, 3.05) is 20.0 Å². The number of ether oxygens (including phenoxy) is 2. The van der Waals surface area contributed by atoms with Crippen molar-refractivity contribution in [1.29, 1.82) is 0 Å². The van der Waals surface area contributed by atoms with Crippen LogP contribution in [0.2, 0.25) is 0 Å². The molecule has 3 aromatic rings. The van der Waals surface area contributed by atoms with Crippen LogP contribution in [0.25, 0.3) is 11.0 Å². The van der Waals surface area contributed by atoms with Gasteiger partial charge in [0.1, 0.15) is 11.3 Å². The number of halogens is 1. The zero-order valence-corrected chi connectivity index (χ0v) is 19.5. The number of rotatable bonds is 8. The van der Waals surface area contributed by atoms with E-state index in [-0.39, 0.29) is 24.5 Å². The van der Waals surface area contributed by atoms with Crippen molar-refractivity contribution in [2.45, 2.75) is 19.9 Å². The van der Waals surface area contributed by atoms with E-state index in [0.717, 1.165) is 6.26 Å². The molecule has 0 bridgehead atoms. The van der Waals surface area contributed by atoms with Crippen LogP contribution < -0.4 is 15.0 Å². The van der Waals surface area contributed by atoms with Gasteiger partial charge in [-0.1, -0.05) is 6.07 Å². The number of nitrogens with one attached hydrogen (secondary N) is 1. The van der Waals surface area contributed by atoms with Gasteiger partial charge < -0.3 is 14.0 Å². The summed E-state index contributed by atoms with van der Waals surface area (Å²) < 4.78 is 50.7. The molecule has 0 amide bonds. The van der Waals surface area contributed by atoms with Gasteiger partial charge in [0, 0.05) is 19.8 Å². The molecular formula is C22H24FN3O6S. The SMILES string of the molecule is CCOC(=O)c1c(OC)c2ncc(Cc3ccc(F)cc3CNS(C)(=O)=O)cc2n(C)c1=O. The summed E-state index contributed by atoms with van der Waals surface area (Å²) in [6.45, 7) is 1.67. The van der Waals surface area contributed by atoms with Crippen molar-refractivity contribution in [3.05, 3.63) is 68.9 Å². The van der Waals surface area contributed by atoms with Crippen LogP contribution in [0.5, 0.6) is 5.75 Å². The summed E-state index contributed by atoms with van der Waals surface area (Å²) in [5, 5.41) is 0. The van der Waals surface area contributed by atoms with Gasteiger partial charge in [-0.3, -0.25) is 9.78 Å². The highest BCUT2D eigenvalue weighted by molar-refractivity contribution is 7.88. The van der Waals surface area contributed by atoms with Crippen LogP contribution in [-0.2, 0) is 34.8 Å². The first-order valence-corrected chi connectivity index (χ1v) is 11.9. The summed E-state index contributed by atoms with van der Waals surface area (Å²) in [5.74, 6) is -1.26. The molecule has 0 fully saturated rings. The van der Waals surface area contributed by atoms with Gasteiger partial charge in [-0.05, 0) is 48.2 Å². The second-order valence-corrected chi connectivity index (χ2v) is 9.22. The van der Waals surface area contributed by atoms with Crippen molar-refractivity contribution in [3.8, 4) is 5.75 Å². The Hall–Kier alpha value is -3.31. The highest BCUT2D eigenvalue weighted by Gasteiger charge is 2.24. The fraction of sp³-hybridized carbons (Fsp3) is 0.318. The van der Waals surface area contributed by atoms with Gasteiger partial charge >= 0.3 is 5.97 Å². The highest BCUT2D eigenvalue weighted by atomic mass is 32.2. The van der Waals surface area contributed by atoms with Crippen LogP contribution in [0.1, 0.15) is 34.0 Å². The van der Waals surface area contributed by atoms with Crippen LogP contribution in [0.4, 0.5) is 4.39 Å². The number of hydrogen-bond donors (Lipinski definition) is 1. The molecule has 0 atom stereocenters. The number of benzene rings is 1. The minimum atomic E-state index is -3.46. The number of methoxy groups -OCH3 is 1. The molecule has 1 aromatic carbocycles. The molecule has 0 saturated heterocycles. The van der Waals surface area contributed by atoms with Gasteiger partial charge in [-0.2, -0.15) is 0 Å². The van der Waals surface area contributed by atoms with Crippen molar-refractivity contribution >= 4 is 27.0 Å². The zero-order chi connectivity index (χ0) is 24.3. The molecule has 9 nitrogen and oxygen atoms in total. The summed E-state index contributed by atoms with van der Waals surface area (Å²) in [6, 6.07) is 5.85. The Morgan fingerprint density at radius 3 is 2.61 bits per heavy atom. The lowest BCUT2D eigenvalue weighted by Crippen LogP contribution is -2.27. The Morgan fingerprint density at radius 1 is 1.24 bits per heavy atom. The molecule has 0 aliphatic rings. The quantitative estimate of drug-likeness (QED) is 0.493. The summed E-state index contributed by atoms with van der Waals surface area (Å²) >= 11 is 0. The third kappa shape index (κ3) is 5.37. The highest BCUT2D eigenvalue weighted by Crippen LogP contribution is 2.27. The van der Waals surface area contributed by atoms with E-state index in [2.05, 4.69) is 9.71 Å². The lowest BCUT2D eigenvalue weighted by Gasteiger charge is -2.15. The number of carbonyl (C=O) groups is 1. The van der Waals surface area contributed by atoms with Gasteiger partial charge in [0.05, 0.1) is 25.5 Å². The number of fused-ring (bicyclic) bond motifs is 1. The van der Waals surface area contributed by atoms with Gasteiger partial charge in [0.15, 0.2) is 11.3 Å². The summed E-state index contributed by atoms with van der Waals surface area (Å²) in [5.41, 5.74) is 1.78. The average molecular weight is 478 g/mol. The molecule has 0 radical (unpaired) electrons. The van der Waals surface area contributed by atoms with Crippen molar-refractivity contribution < 1.29 is 27.1 Å². The molecule has 176 valence electrons. The summed E-state index contributed by atoms with van der Waals surface area (Å²) in [6.07, 6.45) is 2.89. The molecule has 2 aromatic heterocycles. The van der Waals surface area contributed by atoms with Crippen LogP contribution in [0.15, 0.2) is 35.3 Å². The predicted molar refractivity (Wildman–Crippen MR) is 120 cm³/mol. The van der Waals surface area contributed by atoms with Crippen LogP contribution in [-0.4, -0.2) is 43.9 Å². The first-order valence-electron chi connectivity index (χ1n) is 10.00. The predicted octanol–water partition coefficient (Wildman–Crippen LogP) is 1.90. The molecule has 1 N–H and O–H groups in total. The Morgan fingerprint density at radius 2 is 1.97 bits per heavy atom. The second kappa shape index (κ2) is 9.67. The fourth-order valence-corrected chi connectivity index (χ4v) is 3.87. The van der Waals surface area contributed by atoms with Crippen LogP contribution in [0.3, 0.4) is 0 Å². The van der Waals surface area contributed by atoms with E-state index in [1.165, 1.54) is 30.9 Å². The number of aromatic nitrogens is 2. The molecule has 0 aliphatic carbocycles. The van der Waals surface area contributed by atoms with Crippen molar-refractivity contribution in [2.24, 2.45) is 7.05 Å². The maximum Gasteiger partial charge on any atom is 0.347 e. The maximum absolute atomic E-state index is 13.8. The van der Waals surface area contributed by atoms with Crippen LogP contribution >= 0.6 is 0 Å². The van der Waals surface area contributed by atoms with Crippen molar-refractivity contribution in [1.82, 2.24) is 14.3 Å². The molecular weight excluding hydrogens is 453 g/mol. The van der Waals surface area contributed by atoms with Gasteiger partial charge in [-0.15, -0.1) is 0 Å². The topological polar surface area (TPSA) is 117 Å². The number of esters is 1. The molecule has 33 heavy (non-hydrogen) atoms. The summed E-state index contributed by atoms with van der Waals surface area (Å²) in [4.78, 5) is 29.6.